The van der Waals surface area contributed by atoms with E-state index in [0.717, 1.165) is 50.8 Å². The smallest absolute Gasteiger partial charge is 0.194 e. The SMILES string of the molecule is CCc1ccc(CNC(=NC)N2CCN(c3ccccc3O)CC2)s1.I. The number of benzene rings is 1. The van der Waals surface area contributed by atoms with Gasteiger partial charge in [-0.15, -0.1) is 35.3 Å². The highest BCUT2D eigenvalue weighted by Gasteiger charge is 2.21. The second kappa shape index (κ2) is 10.0. The summed E-state index contributed by atoms with van der Waals surface area (Å²) in [7, 11) is 1.84. The zero-order chi connectivity index (χ0) is 17.6. The summed E-state index contributed by atoms with van der Waals surface area (Å²) in [5.41, 5.74) is 0.913. The second-order valence-corrected chi connectivity index (χ2v) is 7.34. The largest absolute Gasteiger partial charge is 0.506 e. The Labute approximate surface area is 176 Å². The molecule has 142 valence electrons. The average molecular weight is 486 g/mol. The molecule has 0 unspecified atom stereocenters. The van der Waals surface area contributed by atoms with Gasteiger partial charge in [0.15, 0.2) is 5.96 Å². The van der Waals surface area contributed by atoms with Crippen molar-refractivity contribution in [1.82, 2.24) is 10.2 Å². The number of guanidine groups is 1. The van der Waals surface area contributed by atoms with Crippen LogP contribution < -0.4 is 10.2 Å². The van der Waals surface area contributed by atoms with Crippen LogP contribution in [0.15, 0.2) is 41.4 Å². The first-order valence-electron chi connectivity index (χ1n) is 8.77. The summed E-state index contributed by atoms with van der Waals surface area (Å²) in [5, 5.41) is 13.5. The minimum Gasteiger partial charge on any atom is -0.506 e. The fourth-order valence-electron chi connectivity index (χ4n) is 3.10. The number of piperazine rings is 1. The number of phenolic OH excluding ortho intramolecular Hbond substituents is 1. The monoisotopic (exact) mass is 486 g/mol. The molecule has 2 heterocycles. The fourth-order valence-corrected chi connectivity index (χ4v) is 3.99. The first-order valence-corrected chi connectivity index (χ1v) is 9.59. The van der Waals surface area contributed by atoms with E-state index in [1.807, 2.05) is 36.6 Å². The van der Waals surface area contributed by atoms with E-state index in [-0.39, 0.29) is 24.0 Å². The summed E-state index contributed by atoms with van der Waals surface area (Å²) in [4.78, 5) is 11.7. The lowest BCUT2D eigenvalue weighted by Gasteiger charge is -2.37. The summed E-state index contributed by atoms with van der Waals surface area (Å²) in [6.45, 7) is 6.52. The maximum atomic E-state index is 10.0. The van der Waals surface area contributed by atoms with Gasteiger partial charge in [-0.2, -0.15) is 0 Å². The number of halogens is 1. The number of hydrogen-bond donors (Lipinski definition) is 2. The normalized spacial score (nSPS) is 14.9. The third-order valence-corrected chi connectivity index (χ3v) is 5.73. The van der Waals surface area contributed by atoms with Crippen molar-refractivity contribution in [3.8, 4) is 5.75 Å². The topological polar surface area (TPSA) is 51.1 Å². The molecule has 2 N–H and O–H groups in total. The molecule has 0 amide bonds. The summed E-state index contributed by atoms with van der Waals surface area (Å²) >= 11 is 1.86. The molecule has 1 saturated heterocycles. The average Bonchev–Trinajstić information content (AvgIpc) is 3.11. The number of rotatable bonds is 4. The maximum Gasteiger partial charge on any atom is 0.194 e. The summed E-state index contributed by atoms with van der Waals surface area (Å²) in [6.07, 6.45) is 1.09. The van der Waals surface area contributed by atoms with E-state index in [1.165, 1.54) is 9.75 Å². The molecule has 1 aromatic heterocycles. The molecule has 0 spiro atoms. The molecule has 3 rings (SSSR count). The lowest BCUT2D eigenvalue weighted by atomic mass is 10.2. The number of aliphatic imine (C=N–C) groups is 1. The first kappa shape index (κ1) is 20.8. The van der Waals surface area contributed by atoms with E-state index in [0.29, 0.717) is 5.75 Å². The third kappa shape index (κ3) is 5.03. The molecular formula is C19H27IN4OS. The number of hydrogen-bond acceptors (Lipinski definition) is 4. The minimum absolute atomic E-state index is 0. The van der Waals surface area contributed by atoms with Gasteiger partial charge in [0.2, 0.25) is 0 Å². The summed E-state index contributed by atoms with van der Waals surface area (Å²) in [5.74, 6) is 1.30. The Hall–Kier alpha value is -1.48. The number of nitrogens with one attached hydrogen (secondary N) is 1. The number of nitrogens with zero attached hydrogens (tertiary/aromatic N) is 3. The molecule has 0 bridgehead atoms. The molecular weight excluding hydrogens is 459 g/mol. The van der Waals surface area contributed by atoms with Crippen LogP contribution in [0.1, 0.15) is 16.7 Å². The molecule has 5 nitrogen and oxygen atoms in total. The molecule has 0 aliphatic carbocycles. The number of para-hydroxylation sites is 2. The predicted molar refractivity (Wildman–Crippen MR) is 121 cm³/mol. The number of anilines is 1. The Morgan fingerprint density at radius 1 is 1.12 bits per heavy atom. The molecule has 1 aromatic carbocycles. The summed E-state index contributed by atoms with van der Waals surface area (Å²) < 4.78 is 0. The van der Waals surface area contributed by atoms with Crippen molar-refractivity contribution >= 4 is 47.0 Å². The van der Waals surface area contributed by atoms with Crippen LogP contribution in [0.2, 0.25) is 0 Å². The Morgan fingerprint density at radius 2 is 1.81 bits per heavy atom. The van der Waals surface area contributed by atoms with Gasteiger partial charge in [-0.05, 0) is 30.7 Å². The van der Waals surface area contributed by atoms with Gasteiger partial charge in [-0.3, -0.25) is 4.99 Å². The van der Waals surface area contributed by atoms with Gasteiger partial charge in [0.1, 0.15) is 5.75 Å². The molecule has 1 aliphatic rings. The molecule has 0 atom stereocenters. The van der Waals surface area contributed by atoms with E-state index in [2.05, 4.69) is 39.2 Å². The highest BCUT2D eigenvalue weighted by molar-refractivity contribution is 14.0. The first-order chi connectivity index (χ1) is 12.2. The fraction of sp³-hybridized carbons (Fsp3) is 0.421. The molecule has 1 aliphatic heterocycles. The molecule has 1 fully saturated rings. The van der Waals surface area contributed by atoms with Crippen LogP contribution in [0.3, 0.4) is 0 Å². The molecule has 26 heavy (non-hydrogen) atoms. The number of phenols is 1. The van der Waals surface area contributed by atoms with Gasteiger partial charge >= 0.3 is 0 Å². The van der Waals surface area contributed by atoms with E-state index in [9.17, 15) is 5.11 Å². The zero-order valence-corrected chi connectivity index (χ0v) is 18.5. The van der Waals surface area contributed by atoms with Crippen LogP contribution in [-0.4, -0.2) is 49.2 Å². The Kier molecular flexibility index (Phi) is 8.02. The van der Waals surface area contributed by atoms with Gasteiger partial charge in [-0.1, -0.05) is 19.1 Å². The molecule has 0 radical (unpaired) electrons. The third-order valence-electron chi connectivity index (χ3n) is 4.50. The van der Waals surface area contributed by atoms with Gasteiger partial charge in [0, 0.05) is 43.0 Å². The van der Waals surface area contributed by atoms with Crippen LogP contribution in [0, 0.1) is 0 Å². The molecule has 0 saturated carbocycles. The lowest BCUT2D eigenvalue weighted by Crippen LogP contribution is -2.52. The standard InChI is InChI=1S/C19H26N4OS.HI/c1-3-15-8-9-16(25-15)14-21-19(20-2)23-12-10-22(11-13-23)17-6-4-5-7-18(17)24;/h4-9,24H,3,10-14H2,1-2H3,(H,20,21);1H. The van der Waals surface area contributed by atoms with Crippen molar-refractivity contribution in [3.05, 3.63) is 46.2 Å². The molecule has 2 aromatic rings. The second-order valence-electron chi connectivity index (χ2n) is 6.09. The highest BCUT2D eigenvalue weighted by Crippen LogP contribution is 2.27. The van der Waals surface area contributed by atoms with Crippen LogP contribution >= 0.6 is 35.3 Å². The van der Waals surface area contributed by atoms with Crippen LogP contribution in [0.4, 0.5) is 5.69 Å². The predicted octanol–water partition coefficient (Wildman–Crippen LogP) is 3.53. The van der Waals surface area contributed by atoms with Gasteiger partial charge in [0.25, 0.3) is 0 Å². The van der Waals surface area contributed by atoms with Gasteiger partial charge in [-0.25, -0.2) is 0 Å². The number of aryl methyl sites for hydroxylation is 1. The highest BCUT2D eigenvalue weighted by atomic mass is 127. The maximum absolute atomic E-state index is 10.0. The van der Waals surface area contributed by atoms with Crippen molar-refractivity contribution < 1.29 is 5.11 Å². The van der Waals surface area contributed by atoms with E-state index in [1.54, 1.807) is 6.07 Å². The van der Waals surface area contributed by atoms with Crippen molar-refractivity contribution in [2.75, 3.05) is 38.1 Å². The van der Waals surface area contributed by atoms with E-state index >= 15 is 0 Å². The van der Waals surface area contributed by atoms with Crippen molar-refractivity contribution in [3.63, 3.8) is 0 Å². The van der Waals surface area contributed by atoms with E-state index < -0.39 is 0 Å². The Bertz CT molecular complexity index is 726. The zero-order valence-electron chi connectivity index (χ0n) is 15.3. The lowest BCUT2D eigenvalue weighted by molar-refractivity contribution is 0.370. The number of aromatic hydroxyl groups is 1. The minimum atomic E-state index is 0. The summed E-state index contributed by atoms with van der Waals surface area (Å²) in [6, 6.07) is 11.9. The number of thiophene rings is 1. The van der Waals surface area contributed by atoms with Crippen molar-refractivity contribution in [1.29, 1.82) is 0 Å². The quantitative estimate of drug-likeness (QED) is 0.395. The van der Waals surface area contributed by atoms with Crippen molar-refractivity contribution in [2.45, 2.75) is 19.9 Å². The van der Waals surface area contributed by atoms with Gasteiger partial charge in [0.05, 0.1) is 12.2 Å². The molecule has 7 heteroatoms. The van der Waals surface area contributed by atoms with Crippen LogP contribution in [-0.2, 0) is 13.0 Å². The Morgan fingerprint density at radius 3 is 2.42 bits per heavy atom. The van der Waals surface area contributed by atoms with Crippen molar-refractivity contribution in [2.24, 2.45) is 4.99 Å². The van der Waals surface area contributed by atoms with Crippen LogP contribution in [0.25, 0.3) is 0 Å². The van der Waals surface area contributed by atoms with Gasteiger partial charge < -0.3 is 20.2 Å². The van der Waals surface area contributed by atoms with E-state index in [4.69, 9.17) is 0 Å². The van der Waals surface area contributed by atoms with Crippen LogP contribution in [0.5, 0.6) is 5.75 Å². The Balaban J connectivity index is 0.00000243.